The number of hydrogen-bond acceptors (Lipinski definition) is 1. The monoisotopic (exact) mass is 244 g/mol. The molecule has 0 radical (unpaired) electrons. The van der Waals surface area contributed by atoms with Gasteiger partial charge in [-0.1, -0.05) is 43.6 Å². The van der Waals surface area contributed by atoms with E-state index in [0.717, 1.165) is 44.8 Å². The number of carbonyl (C=O) groups excluding carboxylic acids is 1. The molecule has 0 atom stereocenters. The Balaban J connectivity index is 3.23. The van der Waals surface area contributed by atoms with Crippen LogP contribution in [0.2, 0.25) is 0 Å². The Bertz CT molecular complexity index is 319. The Morgan fingerprint density at radius 2 is 1.39 bits per heavy atom. The molecule has 1 heteroatoms. The van der Waals surface area contributed by atoms with Gasteiger partial charge in [0.25, 0.3) is 0 Å². The molecule has 0 aromatic rings. The third-order valence-electron chi connectivity index (χ3n) is 2.59. The number of allylic oxidation sites excluding steroid dienone is 1. The summed E-state index contributed by atoms with van der Waals surface area (Å²) in [5, 5.41) is 0. The van der Waals surface area contributed by atoms with E-state index in [-0.39, 0.29) is 0 Å². The second-order valence-electron chi connectivity index (χ2n) is 4.26. The normalized spacial score (nSPS) is 8.67. The van der Waals surface area contributed by atoms with Gasteiger partial charge >= 0.3 is 0 Å². The zero-order chi connectivity index (χ0) is 13.3. The lowest BCUT2D eigenvalue weighted by Gasteiger charge is -1.97. The van der Waals surface area contributed by atoms with Crippen LogP contribution < -0.4 is 0 Å². The number of unbranched alkanes of at least 4 members (excludes halogenated alkanes) is 8. The van der Waals surface area contributed by atoms with Crippen molar-refractivity contribution >= 4 is 6.29 Å². The van der Waals surface area contributed by atoms with Crippen molar-refractivity contribution in [2.45, 2.75) is 64.2 Å². The van der Waals surface area contributed by atoms with E-state index in [0.29, 0.717) is 0 Å². The third-order valence-corrected chi connectivity index (χ3v) is 2.59. The lowest BCUT2D eigenvalue weighted by atomic mass is 10.1. The largest absolute Gasteiger partial charge is 0.303 e. The van der Waals surface area contributed by atoms with Crippen LogP contribution in [0.4, 0.5) is 0 Å². The molecule has 0 aliphatic heterocycles. The van der Waals surface area contributed by atoms with Crippen LogP contribution in [-0.4, -0.2) is 6.29 Å². The fraction of sp³-hybridized carbons (Fsp3) is 0.588. The quantitative estimate of drug-likeness (QED) is 0.243. The van der Waals surface area contributed by atoms with Gasteiger partial charge < -0.3 is 4.79 Å². The smallest absolute Gasteiger partial charge is 0.119 e. The Kier molecular flexibility index (Phi) is 14.3. The van der Waals surface area contributed by atoms with Gasteiger partial charge in [0.05, 0.1) is 0 Å². The lowest BCUT2D eigenvalue weighted by molar-refractivity contribution is -0.107. The minimum Gasteiger partial charge on any atom is -0.303 e. The highest BCUT2D eigenvalue weighted by atomic mass is 16.1. The van der Waals surface area contributed by atoms with Crippen LogP contribution in [0.3, 0.4) is 0 Å². The van der Waals surface area contributed by atoms with Crippen LogP contribution in [0.25, 0.3) is 0 Å². The molecule has 0 unspecified atom stereocenters. The van der Waals surface area contributed by atoms with Crippen molar-refractivity contribution in [2.24, 2.45) is 0 Å². The molecule has 0 saturated carbocycles. The number of rotatable bonds is 10. The molecule has 0 bridgehead atoms. The number of hydrogen-bond donors (Lipinski definition) is 0. The molecule has 0 N–H and O–H groups in total. The van der Waals surface area contributed by atoms with Gasteiger partial charge in [0.2, 0.25) is 0 Å². The maximum absolute atomic E-state index is 10.1. The predicted molar refractivity (Wildman–Crippen MR) is 78.0 cm³/mol. The summed E-state index contributed by atoms with van der Waals surface area (Å²) in [6.07, 6.45) is 13.5. The SMILES string of the molecule is C=CCCC#CC#CCCCCCCCCC=O. The van der Waals surface area contributed by atoms with Gasteiger partial charge in [0, 0.05) is 19.3 Å². The van der Waals surface area contributed by atoms with Crippen molar-refractivity contribution in [3.63, 3.8) is 0 Å². The van der Waals surface area contributed by atoms with Crippen LogP contribution in [0, 0.1) is 23.7 Å². The van der Waals surface area contributed by atoms with Crippen molar-refractivity contribution in [1.82, 2.24) is 0 Å². The Morgan fingerprint density at radius 1 is 0.778 bits per heavy atom. The van der Waals surface area contributed by atoms with Crippen LogP contribution >= 0.6 is 0 Å². The summed E-state index contributed by atoms with van der Waals surface area (Å²) in [6.45, 7) is 3.64. The first-order valence-corrected chi connectivity index (χ1v) is 6.92. The molecule has 0 aliphatic rings. The van der Waals surface area contributed by atoms with Gasteiger partial charge in [0.15, 0.2) is 0 Å². The van der Waals surface area contributed by atoms with E-state index in [1.54, 1.807) is 0 Å². The van der Waals surface area contributed by atoms with Gasteiger partial charge in [-0.2, -0.15) is 0 Å². The molecule has 98 valence electrons. The van der Waals surface area contributed by atoms with Gasteiger partial charge in [0.1, 0.15) is 6.29 Å². The topological polar surface area (TPSA) is 17.1 Å². The predicted octanol–water partition coefficient (Wildman–Crippen LogP) is 4.28. The molecular formula is C17H24O. The molecule has 0 heterocycles. The second kappa shape index (κ2) is 15.5. The van der Waals surface area contributed by atoms with Crippen molar-refractivity contribution in [2.75, 3.05) is 0 Å². The second-order valence-corrected chi connectivity index (χ2v) is 4.26. The maximum atomic E-state index is 10.1. The summed E-state index contributed by atoms with van der Waals surface area (Å²) in [5.41, 5.74) is 0. The first kappa shape index (κ1) is 16.5. The number of aldehydes is 1. The summed E-state index contributed by atoms with van der Waals surface area (Å²) in [5.74, 6) is 11.8. The molecule has 0 spiro atoms. The molecule has 0 fully saturated rings. The average Bonchev–Trinajstić information content (AvgIpc) is 2.39. The molecule has 18 heavy (non-hydrogen) atoms. The summed E-state index contributed by atoms with van der Waals surface area (Å²) in [4.78, 5) is 10.1. The highest BCUT2D eigenvalue weighted by Crippen LogP contribution is 2.07. The zero-order valence-corrected chi connectivity index (χ0v) is 11.3. The molecule has 0 aliphatic carbocycles. The summed E-state index contributed by atoms with van der Waals surface area (Å²) < 4.78 is 0. The van der Waals surface area contributed by atoms with Crippen LogP contribution in [0.5, 0.6) is 0 Å². The standard InChI is InChI=1S/C17H24O/c1-2-3-4-5-6-7-8-9-10-11-12-13-14-15-16-17-18/h2,17H,1,3-4,9-16H2. The van der Waals surface area contributed by atoms with Gasteiger partial charge in [-0.25, -0.2) is 0 Å². The lowest BCUT2D eigenvalue weighted by Crippen LogP contribution is -1.80. The molecule has 0 aromatic carbocycles. The molecular weight excluding hydrogens is 220 g/mol. The summed E-state index contributed by atoms with van der Waals surface area (Å²) in [7, 11) is 0. The third kappa shape index (κ3) is 14.5. The first-order chi connectivity index (χ1) is 8.91. The highest BCUT2D eigenvalue weighted by molar-refractivity contribution is 5.48. The molecule has 0 saturated heterocycles. The van der Waals surface area contributed by atoms with E-state index in [2.05, 4.69) is 30.3 Å². The minimum atomic E-state index is 0.718. The van der Waals surface area contributed by atoms with E-state index < -0.39 is 0 Å². The first-order valence-electron chi connectivity index (χ1n) is 6.92. The van der Waals surface area contributed by atoms with Crippen LogP contribution in [0.1, 0.15) is 64.2 Å². The molecule has 0 amide bonds. The van der Waals surface area contributed by atoms with Gasteiger partial charge in [-0.3, -0.25) is 0 Å². The van der Waals surface area contributed by atoms with E-state index in [1.165, 1.54) is 25.7 Å². The highest BCUT2D eigenvalue weighted by Gasteiger charge is 1.90. The Labute approximate surface area is 112 Å². The fourth-order valence-corrected chi connectivity index (χ4v) is 1.54. The van der Waals surface area contributed by atoms with Crippen molar-refractivity contribution in [3.05, 3.63) is 12.7 Å². The fourth-order valence-electron chi connectivity index (χ4n) is 1.54. The Morgan fingerprint density at radius 3 is 2.06 bits per heavy atom. The van der Waals surface area contributed by atoms with E-state index in [4.69, 9.17) is 0 Å². The maximum Gasteiger partial charge on any atom is 0.119 e. The molecule has 0 rings (SSSR count). The molecule has 0 aromatic heterocycles. The van der Waals surface area contributed by atoms with Crippen LogP contribution in [-0.2, 0) is 4.79 Å². The minimum absolute atomic E-state index is 0.718. The van der Waals surface area contributed by atoms with Gasteiger partial charge in [-0.15, -0.1) is 6.58 Å². The van der Waals surface area contributed by atoms with E-state index in [9.17, 15) is 4.79 Å². The summed E-state index contributed by atoms with van der Waals surface area (Å²) in [6, 6.07) is 0. The van der Waals surface area contributed by atoms with E-state index >= 15 is 0 Å². The molecule has 1 nitrogen and oxygen atoms in total. The zero-order valence-electron chi connectivity index (χ0n) is 11.3. The average molecular weight is 244 g/mol. The Hall–Kier alpha value is -1.47. The number of carbonyl (C=O) groups is 1. The summed E-state index contributed by atoms with van der Waals surface area (Å²) >= 11 is 0. The van der Waals surface area contributed by atoms with Crippen molar-refractivity contribution in [3.8, 4) is 23.7 Å². The van der Waals surface area contributed by atoms with E-state index in [1.807, 2.05) is 6.08 Å². The van der Waals surface area contributed by atoms with Crippen molar-refractivity contribution in [1.29, 1.82) is 0 Å². The van der Waals surface area contributed by atoms with Crippen LogP contribution in [0.15, 0.2) is 12.7 Å². The van der Waals surface area contributed by atoms with Gasteiger partial charge in [-0.05, 0) is 31.1 Å². The van der Waals surface area contributed by atoms with Crippen molar-refractivity contribution < 1.29 is 4.79 Å².